The molecule has 4 aromatic rings. The molecule has 2 N–H and O–H groups in total. The van der Waals surface area contributed by atoms with Gasteiger partial charge in [-0.25, -0.2) is 18.5 Å². The molecule has 0 radical (unpaired) electrons. The van der Waals surface area contributed by atoms with E-state index >= 15 is 0 Å². The first kappa shape index (κ1) is 22.8. The molecule has 168 valence electrons. The summed E-state index contributed by atoms with van der Waals surface area (Å²) >= 11 is 3.08. The van der Waals surface area contributed by atoms with Gasteiger partial charge in [0.25, 0.3) is 0 Å². The van der Waals surface area contributed by atoms with Crippen LogP contribution >= 0.6 is 23.1 Å². The lowest BCUT2D eigenvalue weighted by molar-refractivity contribution is 0.102. The van der Waals surface area contributed by atoms with Gasteiger partial charge in [0.05, 0.1) is 21.7 Å². The number of primary sulfonamides is 1. The summed E-state index contributed by atoms with van der Waals surface area (Å²) in [6.07, 6.45) is 0.941. The van der Waals surface area contributed by atoms with Gasteiger partial charge in [0, 0.05) is 35.4 Å². The monoisotopic (exact) mass is 488 g/mol. The maximum absolute atomic E-state index is 13.0. The van der Waals surface area contributed by atoms with Crippen LogP contribution in [0.4, 0.5) is 0 Å². The van der Waals surface area contributed by atoms with Gasteiger partial charge in [-0.1, -0.05) is 17.8 Å². The van der Waals surface area contributed by atoms with Crippen molar-refractivity contribution in [1.82, 2.24) is 14.1 Å². The predicted octanol–water partition coefficient (Wildman–Crippen LogP) is 3.92. The molecule has 0 fully saturated rings. The number of sulfonamides is 1. The molecule has 0 saturated heterocycles. The molecule has 32 heavy (non-hydrogen) atoms. The molecule has 0 atom stereocenters. The van der Waals surface area contributed by atoms with Crippen LogP contribution in [0.2, 0.25) is 0 Å². The van der Waals surface area contributed by atoms with Crippen molar-refractivity contribution in [2.45, 2.75) is 36.9 Å². The minimum atomic E-state index is -3.80. The largest absolute Gasteiger partial charge is 0.348 e. The van der Waals surface area contributed by atoms with Crippen molar-refractivity contribution in [3.8, 4) is 0 Å². The van der Waals surface area contributed by atoms with E-state index in [1.807, 2.05) is 31.5 Å². The summed E-state index contributed by atoms with van der Waals surface area (Å²) in [5.41, 5.74) is 4.09. The van der Waals surface area contributed by atoms with Crippen LogP contribution in [0.5, 0.6) is 0 Å². The second kappa shape index (κ2) is 8.86. The number of Topliss-reactive ketones (excluding diaryl/α,β-unsaturated/α-hetero) is 1. The number of thiophene rings is 1. The summed E-state index contributed by atoms with van der Waals surface area (Å²) in [6, 6.07) is 10.7. The number of hydrogen-bond acceptors (Lipinski definition) is 6. The van der Waals surface area contributed by atoms with Gasteiger partial charge in [0.15, 0.2) is 10.9 Å². The topological polar surface area (TPSA) is 100.0 Å². The number of aromatic nitrogens is 3. The molecule has 3 aromatic heterocycles. The van der Waals surface area contributed by atoms with E-state index in [0.29, 0.717) is 10.7 Å². The Morgan fingerprint density at radius 3 is 2.69 bits per heavy atom. The van der Waals surface area contributed by atoms with E-state index in [4.69, 9.17) is 5.14 Å². The quantitative estimate of drug-likeness (QED) is 0.299. The molecular weight excluding hydrogens is 464 g/mol. The number of carbonyl (C=O) groups is 1. The molecule has 3 heterocycles. The Kier molecular flexibility index (Phi) is 6.30. The van der Waals surface area contributed by atoms with E-state index in [2.05, 4.69) is 27.1 Å². The van der Waals surface area contributed by atoms with Gasteiger partial charge in [0.1, 0.15) is 0 Å². The molecule has 4 rings (SSSR count). The standard InChI is InChI=1S/C22H24N4O3S3/c1-14-11-18(15(2)26(14)9-8-16-5-4-10-30-16)21(27)13-31-22-24-19-12-17(32(23,28)29)6-7-20(19)25(22)3/h4-7,10-12H,8-9,13H2,1-3H3,(H2,23,28,29). The molecule has 0 spiro atoms. The van der Waals surface area contributed by atoms with Crippen LogP contribution in [0, 0.1) is 13.8 Å². The first-order valence-corrected chi connectivity index (χ1v) is 13.4. The van der Waals surface area contributed by atoms with E-state index in [1.165, 1.54) is 28.8 Å². The Morgan fingerprint density at radius 1 is 1.22 bits per heavy atom. The van der Waals surface area contributed by atoms with E-state index in [9.17, 15) is 13.2 Å². The average molecular weight is 489 g/mol. The van der Waals surface area contributed by atoms with Crippen LogP contribution < -0.4 is 5.14 Å². The van der Waals surface area contributed by atoms with E-state index in [-0.39, 0.29) is 16.4 Å². The van der Waals surface area contributed by atoms with E-state index in [1.54, 1.807) is 17.4 Å². The van der Waals surface area contributed by atoms with Crippen LogP contribution in [0.1, 0.15) is 26.6 Å². The predicted molar refractivity (Wildman–Crippen MR) is 129 cm³/mol. The fraction of sp³-hybridized carbons (Fsp3) is 0.273. The van der Waals surface area contributed by atoms with Gasteiger partial charge in [-0.05, 0) is 56.0 Å². The fourth-order valence-corrected chi connectivity index (χ4v) is 5.88. The van der Waals surface area contributed by atoms with Gasteiger partial charge in [-0.15, -0.1) is 11.3 Å². The molecule has 0 aliphatic heterocycles. The lowest BCUT2D eigenvalue weighted by Crippen LogP contribution is -2.11. The van der Waals surface area contributed by atoms with Crippen molar-refractivity contribution in [2.24, 2.45) is 12.2 Å². The minimum absolute atomic E-state index is 0.0192. The summed E-state index contributed by atoms with van der Waals surface area (Å²) < 4.78 is 27.3. The summed E-state index contributed by atoms with van der Waals surface area (Å²) in [4.78, 5) is 18.8. The van der Waals surface area contributed by atoms with Crippen molar-refractivity contribution < 1.29 is 13.2 Å². The van der Waals surface area contributed by atoms with Gasteiger partial charge in [0.2, 0.25) is 10.0 Å². The highest BCUT2D eigenvalue weighted by atomic mass is 32.2. The number of ketones is 1. The van der Waals surface area contributed by atoms with Crippen LogP contribution in [0.25, 0.3) is 11.0 Å². The Labute approximate surface area is 195 Å². The first-order chi connectivity index (χ1) is 15.1. The molecular formula is C22H24N4O3S3. The lowest BCUT2D eigenvalue weighted by atomic mass is 10.2. The van der Waals surface area contributed by atoms with E-state index < -0.39 is 10.0 Å². The normalized spacial score (nSPS) is 12.0. The molecule has 0 unspecified atom stereocenters. The fourth-order valence-electron chi connectivity index (χ4n) is 3.78. The Morgan fingerprint density at radius 2 is 2.00 bits per heavy atom. The first-order valence-electron chi connectivity index (χ1n) is 9.99. The van der Waals surface area contributed by atoms with Crippen molar-refractivity contribution >= 4 is 49.9 Å². The zero-order valence-corrected chi connectivity index (χ0v) is 20.5. The molecule has 7 nitrogen and oxygen atoms in total. The second-order valence-corrected chi connectivity index (χ2v) is 11.2. The number of thioether (sulfide) groups is 1. The summed E-state index contributed by atoms with van der Waals surface area (Å²) in [5, 5.41) is 7.94. The number of hydrogen-bond donors (Lipinski definition) is 1. The van der Waals surface area contributed by atoms with Crippen LogP contribution in [0.15, 0.2) is 51.8 Å². The van der Waals surface area contributed by atoms with Gasteiger partial charge in [-0.3, -0.25) is 4.79 Å². The third-order valence-electron chi connectivity index (χ3n) is 5.51. The number of nitrogens with two attached hydrogens (primary N) is 1. The van der Waals surface area contributed by atoms with Gasteiger partial charge in [-0.2, -0.15) is 0 Å². The highest BCUT2D eigenvalue weighted by molar-refractivity contribution is 7.99. The van der Waals surface area contributed by atoms with Crippen molar-refractivity contribution in [1.29, 1.82) is 0 Å². The summed E-state index contributed by atoms with van der Waals surface area (Å²) in [6.45, 7) is 4.86. The maximum Gasteiger partial charge on any atom is 0.238 e. The number of fused-ring (bicyclic) bond motifs is 1. The number of imidazole rings is 1. The van der Waals surface area contributed by atoms with Gasteiger partial charge < -0.3 is 9.13 Å². The average Bonchev–Trinajstić information content (AvgIpc) is 3.43. The number of aryl methyl sites for hydroxylation is 3. The van der Waals surface area contributed by atoms with Crippen LogP contribution in [-0.2, 0) is 30.0 Å². The molecule has 0 aliphatic carbocycles. The number of rotatable bonds is 8. The Bertz CT molecular complexity index is 1400. The lowest BCUT2D eigenvalue weighted by Gasteiger charge is -2.09. The summed E-state index contributed by atoms with van der Waals surface area (Å²) in [7, 11) is -1.95. The number of benzene rings is 1. The maximum atomic E-state index is 13.0. The number of carbonyl (C=O) groups excluding carboxylic acids is 1. The molecule has 0 amide bonds. The molecule has 10 heteroatoms. The molecule has 0 aliphatic rings. The minimum Gasteiger partial charge on any atom is -0.348 e. The summed E-state index contributed by atoms with van der Waals surface area (Å²) in [5.74, 6) is 0.289. The Hall–Kier alpha value is -2.40. The van der Waals surface area contributed by atoms with Crippen LogP contribution in [-0.4, -0.2) is 34.1 Å². The van der Waals surface area contributed by atoms with Crippen molar-refractivity contribution in [3.05, 3.63) is 63.6 Å². The van der Waals surface area contributed by atoms with E-state index in [0.717, 1.165) is 35.4 Å². The van der Waals surface area contributed by atoms with Crippen molar-refractivity contribution in [2.75, 3.05) is 5.75 Å². The highest BCUT2D eigenvalue weighted by Gasteiger charge is 2.18. The zero-order chi connectivity index (χ0) is 23.0. The SMILES string of the molecule is Cc1cc(C(=O)CSc2nc3cc(S(N)(=O)=O)ccc3n2C)c(C)n1CCc1cccs1. The highest BCUT2D eigenvalue weighted by Crippen LogP contribution is 2.26. The Balaban J connectivity index is 1.49. The third kappa shape index (κ3) is 4.54. The second-order valence-electron chi connectivity index (χ2n) is 7.63. The zero-order valence-electron chi connectivity index (χ0n) is 18.0. The van der Waals surface area contributed by atoms with Gasteiger partial charge >= 0.3 is 0 Å². The molecule has 0 bridgehead atoms. The molecule has 0 saturated carbocycles. The van der Waals surface area contributed by atoms with Crippen LogP contribution in [0.3, 0.4) is 0 Å². The molecule has 1 aromatic carbocycles. The van der Waals surface area contributed by atoms with Crippen molar-refractivity contribution in [3.63, 3.8) is 0 Å². The number of nitrogens with zero attached hydrogens (tertiary/aromatic N) is 3. The smallest absolute Gasteiger partial charge is 0.238 e. The third-order valence-corrected chi connectivity index (χ3v) is 8.39.